The van der Waals surface area contributed by atoms with Crippen LogP contribution in [0.15, 0.2) is 47.5 Å². The predicted molar refractivity (Wildman–Crippen MR) is 150 cm³/mol. The van der Waals surface area contributed by atoms with Crippen LogP contribution >= 0.6 is 23.2 Å². The maximum Gasteiger partial charge on any atom is 0.270 e. The van der Waals surface area contributed by atoms with Crippen LogP contribution in [0.25, 0.3) is 0 Å². The SMILES string of the molecule is CC(C)(C)C1CCC(N(Cc2ccc(C(=O)Nc3nn[nH]n3)cc2)C(=Nc2cc(Cl)cc(Cl)c2)NN)CC1. The number of hydrazine groups is 1. The Morgan fingerprint density at radius 1 is 1.11 bits per heavy atom. The summed E-state index contributed by atoms with van der Waals surface area (Å²) >= 11 is 12.4. The van der Waals surface area contributed by atoms with Crippen molar-refractivity contribution in [1.29, 1.82) is 0 Å². The van der Waals surface area contributed by atoms with E-state index in [2.05, 4.69) is 57.0 Å². The van der Waals surface area contributed by atoms with Crippen molar-refractivity contribution < 1.29 is 4.79 Å². The van der Waals surface area contributed by atoms with E-state index in [1.165, 1.54) is 0 Å². The van der Waals surface area contributed by atoms with Gasteiger partial charge in [-0.15, -0.1) is 5.10 Å². The highest BCUT2D eigenvalue weighted by Gasteiger charge is 2.33. The molecule has 202 valence electrons. The number of tetrazole rings is 1. The Hall–Kier alpha value is -3.21. The van der Waals surface area contributed by atoms with E-state index in [0.29, 0.717) is 39.7 Å². The van der Waals surface area contributed by atoms with Crippen LogP contribution in [0.3, 0.4) is 0 Å². The monoisotopic (exact) mass is 557 g/mol. The molecule has 5 N–H and O–H groups in total. The summed E-state index contributed by atoms with van der Waals surface area (Å²) in [6.07, 6.45) is 4.29. The number of nitrogens with zero attached hydrogens (tertiary/aromatic N) is 5. The smallest absolute Gasteiger partial charge is 0.270 e. The topological polar surface area (TPSA) is 137 Å². The normalized spacial score (nSPS) is 18.2. The molecule has 4 rings (SSSR count). The van der Waals surface area contributed by atoms with Crippen LogP contribution in [0.1, 0.15) is 62.4 Å². The first-order chi connectivity index (χ1) is 18.1. The number of aliphatic imine (C=N–C) groups is 1. The molecule has 0 unspecified atom stereocenters. The molecule has 10 nitrogen and oxygen atoms in total. The van der Waals surface area contributed by atoms with E-state index in [1.807, 2.05) is 12.1 Å². The third kappa shape index (κ3) is 7.21. The average Bonchev–Trinajstić information content (AvgIpc) is 3.38. The molecule has 0 radical (unpaired) electrons. The third-order valence-corrected chi connectivity index (χ3v) is 7.42. The standard InChI is InChI=1S/C26H33Cl2N9O/c1-26(2,3)18-8-10-22(11-9-18)37(25(32-29)30-21-13-19(27)12-20(28)14-21)15-16-4-6-17(7-5-16)23(38)31-24-33-35-36-34-24/h4-7,12-14,18,22H,8-11,15,29H2,1-3H3,(H,30,32)(H2,31,33,34,35,36,38). The molecule has 1 fully saturated rings. The minimum atomic E-state index is -0.320. The van der Waals surface area contributed by atoms with E-state index in [-0.39, 0.29) is 23.3 Å². The summed E-state index contributed by atoms with van der Waals surface area (Å²) < 4.78 is 0. The van der Waals surface area contributed by atoms with Crippen LogP contribution in [0.2, 0.25) is 10.0 Å². The summed E-state index contributed by atoms with van der Waals surface area (Å²) in [6, 6.07) is 12.8. The van der Waals surface area contributed by atoms with Gasteiger partial charge in [0.2, 0.25) is 5.96 Å². The highest BCUT2D eigenvalue weighted by molar-refractivity contribution is 6.35. The number of nitrogens with two attached hydrogens (primary N) is 1. The molecule has 1 amide bonds. The zero-order chi connectivity index (χ0) is 27.3. The number of rotatable bonds is 6. The van der Waals surface area contributed by atoms with Gasteiger partial charge in [-0.1, -0.05) is 61.2 Å². The number of anilines is 1. The van der Waals surface area contributed by atoms with E-state index < -0.39 is 0 Å². The van der Waals surface area contributed by atoms with Gasteiger partial charge in [-0.3, -0.25) is 15.5 Å². The largest absolute Gasteiger partial charge is 0.334 e. The van der Waals surface area contributed by atoms with Gasteiger partial charge in [-0.25, -0.2) is 10.8 Å². The van der Waals surface area contributed by atoms with Crippen LogP contribution in [-0.4, -0.2) is 43.4 Å². The number of benzene rings is 2. The molecule has 1 aliphatic carbocycles. The zero-order valence-corrected chi connectivity index (χ0v) is 23.2. The average molecular weight is 559 g/mol. The second-order valence-corrected chi connectivity index (χ2v) is 11.5. The molecule has 0 atom stereocenters. The molecule has 0 saturated heterocycles. The van der Waals surface area contributed by atoms with Crippen molar-refractivity contribution >= 4 is 46.7 Å². The minimum absolute atomic E-state index is 0.118. The molecule has 2 aromatic carbocycles. The lowest BCUT2D eigenvalue weighted by molar-refractivity contribution is 0.102. The van der Waals surface area contributed by atoms with E-state index in [9.17, 15) is 4.79 Å². The molecule has 0 bridgehead atoms. The number of aromatic amines is 1. The zero-order valence-electron chi connectivity index (χ0n) is 21.7. The summed E-state index contributed by atoms with van der Waals surface area (Å²) in [5, 5.41) is 16.8. The van der Waals surface area contributed by atoms with Gasteiger partial charge in [0, 0.05) is 28.2 Å². The van der Waals surface area contributed by atoms with Crippen molar-refractivity contribution in [2.45, 2.75) is 59.0 Å². The summed E-state index contributed by atoms with van der Waals surface area (Å²) in [5.41, 5.74) is 5.17. The van der Waals surface area contributed by atoms with E-state index >= 15 is 0 Å². The minimum Gasteiger partial charge on any atom is -0.334 e. The van der Waals surface area contributed by atoms with Gasteiger partial charge in [0.25, 0.3) is 11.9 Å². The lowest BCUT2D eigenvalue weighted by Crippen LogP contribution is -2.50. The molecular weight excluding hydrogens is 525 g/mol. The molecular formula is C26H33Cl2N9O. The van der Waals surface area contributed by atoms with Crippen molar-refractivity contribution in [1.82, 2.24) is 30.9 Å². The Labute approximate surface area is 232 Å². The van der Waals surface area contributed by atoms with Gasteiger partial charge in [-0.2, -0.15) is 5.21 Å². The highest BCUT2D eigenvalue weighted by Crippen LogP contribution is 2.39. The molecule has 1 aromatic heterocycles. The van der Waals surface area contributed by atoms with Gasteiger partial charge in [0.15, 0.2) is 0 Å². The van der Waals surface area contributed by atoms with Crippen molar-refractivity contribution in [3.63, 3.8) is 0 Å². The van der Waals surface area contributed by atoms with E-state index in [4.69, 9.17) is 34.0 Å². The summed E-state index contributed by atoms with van der Waals surface area (Å²) in [4.78, 5) is 19.5. The first-order valence-electron chi connectivity index (χ1n) is 12.5. The Bertz CT molecular complexity index is 1230. The van der Waals surface area contributed by atoms with E-state index in [0.717, 1.165) is 31.2 Å². The fourth-order valence-corrected chi connectivity index (χ4v) is 5.40. The number of amides is 1. The first-order valence-corrected chi connectivity index (χ1v) is 13.3. The van der Waals surface area contributed by atoms with Gasteiger partial charge >= 0.3 is 0 Å². The summed E-state index contributed by atoms with van der Waals surface area (Å²) in [6.45, 7) is 7.48. The van der Waals surface area contributed by atoms with Crippen molar-refractivity contribution in [2.75, 3.05) is 5.32 Å². The summed E-state index contributed by atoms with van der Waals surface area (Å²) in [5.74, 6) is 7.01. The molecule has 1 heterocycles. The lowest BCUT2D eigenvalue weighted by Gasteiger charge is -2.42. The van der Waals surface area contributed by atoms with Gasteiger partial charge in [0.05, 0.1) is 5.69 Å². The second kappa shape index (κ2) is 12.1. The summed E-state index contributed by atoms with van der Waals surface area (Å²) in [7, 11) is 0. The van der Waals surface area contributed by atoms with Gasteiger partial charge in [0.1, 0.15) is 0 Å². The van der Waals surface area contributed by atoms with Crippen LogP contribution in [0.5, 0.6) is 0 Å². The fraction of sp³-hybridized carbons (Fsp3) is 0.423. The van der Waals surface area contributed by atoms with Crippen LogP contribution < -0.4 is 16.6 Å². The number of carbonyl (C=O) groups is 1. The number of carbonyl (C=O) groups excluding carboxylic acids is 1. The Balaban J connectivity index is 1.57. The number of aromatic nitrogens is 4. The van der Waals surface area contributed by atoms with Crippen LogP contribution in [0, 0.1) is 11.3 Å². The predicted octanol–water partition coefficient (Wildman–Crippen LogP) is 5.32. The Kier molecular flexibility index (Phi) is 8.86. The van der Waals surface area contributed by atoms with Crippen LogP contribution in [-0.2, 0) is 6.54 Å². The highest BCUT2D eigenvalue weighted by atomic mass is 35.5. The number of halogens is 2. The number of hydrogen-bond donors (Lipinski definition) is 4. The molecule has 12 heteroatoms. The first kappa shape index (κ1) is 27.8. The van der Waals surface area contributed by atoms with Crippen molar-refractivity contribution in [3.8, 4) is 0 Å². The maximum atomic E-state index is 12.5. The lowest BCUT2D eigenvalue weighted by atomic mass is 9.71. The van der Waals surface area contributed by atoms with Gasteiger partial charge in [-0.05, 0) is 78.1 Å². The number of nitrogens with one attached hydrogen (secondary N) is 3. The molecule has 1 aliphatic rings. The van der Waals surface area contributed by atoms with Gasteiger partial charge < -0.3 is 4.90 Å². The third-order valence-electron chi connectivity index (χ3n) is 6.99. The Morgan fingerprint density at radius 2 is 1.76 bits per heavy atom. The molecule has 0 spiro atoms. The Morgan fingerprint density at radius 3 is 2.32 bits per heavy atom. The van der Waals surface area contributed by atoms with E-state index in [1.54, 1.807) is 30.3 Å². The number of H-pyrrole nitrogens is 1. The molecule has 38 heavy (non-hydrogen) atoms. The van der Waals surface area contributed by atoms with Crippen LogP contribution in [0.4, 0.5) is 11.6 Å². The molecule has 3 aromatic rings. The fourth-order valence-electron chi connectivity index (χ4n) is 4.88. The number of hydrogen-bond acceptors (Lipinski definition) is 6. The quantitative estimate of drug-likeness (QED) is 0.139. The molecule has 0 aliphatic heterocycles. The van der Waals surface area contributed by atoms with Crippen molar-refractivity contribution in [3.05, 3.63) is 63.6 Å². The molecule has 1 saturated carbocycles. The maximum absolute atomic E-state index is 12.5. The number of guanidine groups is 1. The second-order valence-electron chi connectivity index (χ2n) is 10.6. The van der Waals surface area contributed by atoms with Crippen molar-refractivity contribution in [2.24, 2.45) is 22.2 Å².